The third-order valence-electron chi connectivity index (χ3n) is 3.14. The summed E-state index contributed by atoms with van der Waals surface area (Å²) < 4.78 is 41.7. The number of nitrogens with two attached hydrogens (primary N) is 1. The van der Waals surface area contributed by atoms with E-state index in [9.17, 15) is 13.2 Å². The van der Waals surface area contributed by atoms with E-state index in [2.05, 4.69) is 26.5 Å². The Morgan fingerprint density at radius 1 is 1.38 bits per heavy atom. The predicted octanol–water partition coefficient (Wildman–Crippen LogP) is 3.24. The van der Waals surface area contributed by atoms with E-state index in [4.69, 9.17) is 5.84 Å². The highest BCUT2D eigenvalue weighted by Crippen LogP contribution is 2.37. The van der Waals surface area contributed by atoms with E-state index >= 15 is 0 Å². The zero-order chi connectivity index (χ0) is 15.6. The zero-order valence-corrected chi connectivity index (χ0v) is 12.7. The van der Waals surface area contributed by atoms with Gasteiger partial charge in [-0.3, -0.25) is 10.5 Å². The maximum atomic E-state index is 13.2. The first-order chi connectivity index (χ1) is 9.88. The molecule has 114 valence electrons. The standard InChI is InChI=1S/C13H14BrF3N4/c1-2-21-11(5-6-19-21)12(20-18)9-4-3-8(14)7-10(9)13(15,16)17/h3-7,12,20H,2,18H2,1H3. The number of benzene rings is 1. The maximum Gasteiger partial charge on any atom is 0.416 e. The Labute approximate surface area is 128 Å². The number of halogens is 4. The van der Waals surface area contributed by atoms with Crippen LogP contribution in [0.1, 0.15) is 29.8 Å². The fourth-order valence-electron chi connectivity index (χ4n) is 2.21. The molecule has 0 aliphatic heterocycles. The SMILES string of the molecule is CCn1nccc1C(NN)c1ccc(Br)cc1C(F)(F)F. The molecule has 0 fully saturated rings. The molecular weight excluding hydrogens is 349 g/mol. The van der Waals surface area contributed by atoms with E-state index < -0.39 is 17.8 Å². The lowest BCUT2D eigenvalue weighted by Crippen LogP contribution is -2.32. The van der Waals surface area contributed by atoms with Gasteiger partial charge < -0.3 is 0 Å². The van der Waals surface area contributed by atoms with Gasteiger partial charge in [-0.15, -0.1) is 0 Å². The van der Waals surface area contributed by atoms with Crippen molar-refractivity contribution in [2.45, 2.75) is 25.7 Å². The summed E-state index contributed by atoms with van der Waals surface area (Å²) in [6.45, 7) is 2.40. The molecule has 0 radical (unpaired) electrons. The topological polar surface area (TPSA) is 55.9 Å². The van der Waals surface area contributed by atoms with Crippen LogP contribution in [0.2, 0.25) is 0 Å². The second-order valence-corrected chi connectivity index (χ2v) is 5.32. The molecule has 3 N–H and O–H groups in total. The molecule has 0 saturated heterocycles. The Morgan fingerprint density at radius 3 is 2.67 bits per heavy atom. The van der Waals surface area contributed by atoms with Crippen molar-refractivity contribution in [2.75, 3.05) is 0 Å². The van der Waals surface area contributed by atoms with Crippen molar-refractivity contribution < 1.29 is 13.2 Å². The highest BCUT2D eigenvalue weighted by molar-refractivity contribution is 9.10. The number of alkyl halides is 3. The van der Waals surface area contributed by atoms with Gasteiger partial charge in [0, 0.05) is 17.2 Å². The third-order valence-corrected chi connectivity index (χ3v) is 3.64. The van der Waals surface area contributed by atoms with Crippen molar-refractivity contribution in [1.29, 1.82) is 0 Å². The van der Waals surface area contributed by atoms with Crippen molar-refractivity contribution >= 4 is 15.9 Å². The van der Waals surface area contributed by atoms with Crippen molar-refractivity contribution in [1.82, 2.24) is 15.2 Å². The van der Waals surface area contributed by atoms with Gasteiger partial charge in [0.25, 0.3) is 0 Å². The predicted molar refractivity (Wildman–Crippen MR) is 76.2 cm³/mol. The molecule has 0 bridgehead atoms. The van der Waals surface area contributed by atoms with E-state index in [0.29, 0.717) is 16.7 Å². The van der Waals surface area contributed by atoms with Gasteiger partial charge in [-0.05, 0) is 30.7 Å². The average Bonchev–Trinajstić information content (AvgIpc) is 2.88. The minimum absolute atomic E-state index is 0.0587. The smallest absolute Gasteiger partial charge is 0.271 e. The van der Waals surface area contributed by atoms with Crippen LogP contribution in [-0.2, 0) is 12.7 Å². The van der Waals surface area contributed by atoms with Gasteiger partial charge in [0.2, 0.25) is 0 Å². The van der Waals surface area contributed by atoms with Gasteiger partial charge in [-0.25, -0.2) is 5.43 Å². The molecule has 2 rings (SSSR count). The molecule has 1 atom stereocenters. The second kappa shape index (κ2) is 6.17. The van der Waals surface area contributed by atoms with Crippen LogP contribution >= 0.6 is 15.9 Å². The Morgan fingerprint density at radius 2 is 2.10 bits per heavy atom. The molecule has 0 amide bonds. The van der Waals surface area contributed by atoms with E-state index in [1.807, 2.05) is 6.92 Å². The van der Waals surface area contributed by atoms with Gasteiger partial charge in [0.05, 0.1) is 17.3 Å². The molecule has 1 aromatic carbocycles. The average molecular weight is 363 g/mol. The Kier molecular flexibility index (Phi) is 4.70. The number of aromatic nitrogens is 2. The fraction of sp³-hybridized carbons (Fsp3) is 0.308. The molecular formula is C13H14BrF3N4. The second-order valence-electron chi connectivity index (χ2n) is 4.40. The summed E-state index contributed by atoms with van der Waals surface area (Å²) in [5, 5.41) is 4.07. The summed E-state index contributed by atoms with van der Waals surface area (Å²) in [6, 6.07) is 4.87. The molecule has 21 heavy (non-hydrogen) atoms. The highest BCUT2D eigenvalue weighted by atomic mass is 79.9. The summed E-state index contributed by atoms with van der Waals surface area (Å²) in [7, 11) is 0. The van der Waals surface area contributed by atoms with Crippen LogP contribution in [0.25, 0.3) is 0 Å². The van der Waals surface area contributed by atoms with Gasteiger partial charge in [0.15, 0.2) is 0 Å². The number of rotatable bonds is 4. The zero-order valence-electron chi connectivity index (χ0n) is 11.2. The van der Waals surface area contributed by atoms with Crippen LogP contribution in [0.5, 0.6) is 0 Å². The summed E-state index contributed by atoms with van der Waals surface area (Å²) in [5.41, 5.74) is 2.35. The van der Waals surface area contributed by atoms with E-state index in [1.54, 1.807) is 16.8 Å². The first kappa shape index (κ1) is 16.0. The lowest BCUT2D eigenvalue weighted by molar-refractivity contribution is -0.138. The molecule has 0 aliphatic carbocycles. The summed E-state index contributed by atoms with van der Waals surface area (Å²) in [6.07, 6.45) is -2.93. The van der Waals surface area contributed by atoms with Crippen LogP contribution < -0.4 is 11.3 Å². The van der Waals surface area contributed by atoms with Crippen molar-refractivity contribution in [3.05, 3.63) is 51.8 Å². The highest BCUT2D eigenvalue weighted by Gasteiger charge is 2.36. The molecule has 0 saturated carbocycles. The first-order valence-corrected chi connectivity index (χ1v) is 7.02. The normalized spacial score (nSPS) is 13.4. The van der Waals surface area contributed by atoms with Crippen LogP contribution in [0, 0.1) is 0 Å². The minimum Gasteiger partial charge on any atom is -0.271 e. The fourth-order valence-corrected chi connectivity index (χ4v) is 2.57. The summed E-state index contributed by atoms with van der Waals surface area (Å²) in [5.74, 6) is 5.50. The maximum absolute atomic E-state index is 13.2. The van der Waals surface area contributed by atoms with Gasteiger partial charge in [0.1, 0.15) is 0 Å². The van der Waals surface area contributed by atoms with Crippen molar-refractivity contribution in [2.24, 2.45) is 5.84 Å². The molecule has 1 aromatic heterocycles. The van der Waals surface area contributed by atoms with Crippen molar-refractivity contribution in [3.63, 3.8) is 0 Å². The van der Waals surface area contributed by atoms with Gasteiger partial charge in [-0.2, -0.15) is 18.3 Å². The number of nitrogens with zero attached hydrogens (tertiary/aromatic N) is 2. The van der Waals surface area contributed by atoms with E-state index in [0.717, 1.165) is 6.07 Å². The molecule has 2 aromatic rings. The third kappa shape index (κ3) is 3.28. The largest absolute Gasteiger partial charge is 0.416 e. The van der Waals surface area contributed by atoms with Crippen molar-refractivity contribution in [3.8, 4) is 0 Å². The Balaban J connectivity index is 2.58. The number of nitrogens with one attached hydrogen (secondary N) is 1. The Hall–Kier alpha value is -1.38. The first-order valence-electron chi connectivity index (χ1n) is 6.23. The quantitative estimate of drug-likeness (QED) is 0.648. The number of aryl methyl sites for hydroxylation is 1. The monoisotopic (exact) mass is 362 g/mol. The molecule has 1 heterocycles. The summed E-state index contributed by atoms with van der Waals surface area (Å²) >= 11 is 3.07. The number of hydrazine groups is 1. The number of hydrogen-bond acceptors (Lipinski definition) is 3. The van der Waals surface area contributed by atoms with E-state index in [-0.39, 0.29) is 5.56 Å². The molecule has 0 aliphatic rings. The van der Waals surface area contributed by atoms with Crippen LogP contribution in [-0.4, -0.2) is 9.78 Å². The van der Waals surface area contributed by atoms with Gasteiger partial charge in [-0.1, -0.05) is 22.0 Å². The van der Waals surface area contributed by atoms with Gasteiger partial charge >= 0.3 is 6.18 Å². The lowest BCUT2D eigenvalue weighted by Gasteiger charge is -2.22. The molecule has 4 nitrogen and oxygen atoms in total. The van der Waals surface area contributed by atoms with E-state index in [1.165, 1.54) is 12.3 Å². The lowest BCUT2D eigenvalue weighted by atomic mass is 9.98. The van der Waals surface area contributed by atoms with Crippen LogP contribution in [0.15, 0.2) is 34.9 Å². The van der Waals surface area contributed by atoms with Crippen LogP contribution in [0.3, 0.4) is 0 Å². The molecule has 1 unspecified atom stereocenters. The number of hydrogen-bond donors (Lipinski definition) is 2. The van der Waals surface area contributed by atoms with Crippen LogP contribution in [0.4, 0.5) is 13.2 Å². The molecule has 8 heteroatoms. The minimum atomic E-state index is -4.47. The molecule has 0 spiro atoms. The Bertz CT molecular complexity index is 624. The summed E-state index contributed by atoms with van der Waals surface area (Å²) in [4.78, 5) is 0.